The Hall–Kier alpha value is -1.67. The molecule has 0 radical (unpaired) electrons. The summed E-state index contributed by atoms with van der Waals surface area (Å²) in [7, 11) is -3.71. The van der Waals surface area contributed by atoms with Gasteiger partial charge in [-0.25, -0.2) is 8.42 Å². The fourth-order valence-electron chi connectivity index (χ4n) is 1.43. The van der Waals surface area contributed by atoms with Crippen LogP contribution in [0, 0.1) is 6.92 Å². The van der Waals surface area contributed by atoms with Crippen molar-refractivity contribution in [1.29, 1.82) is 0 Å². The molecule has 0 spiro atoms. The molecular formula is C9H10N4O2S2. The van der Waals surface area contributed by atoms with Gasteiger partial charge in [-0.15, -0.1) is 10.2 Å². The number of nitrogens with two attached hydrogens (primary N) is 1. The fraction of sp³-hybridized carbons (Fsp3) is 0.111. The Morgan fingerprint density at radius 1 is 1.41 bits per heavy atom. The highest BCUT2D eigenvalue weighted by atomic mass is 32.2. The van der Waals surface area contributed by atoms with E-state index in [1.807, 2.05) is 0 Å². The summed E-state index contributed by atoms with van der Waals surface area (Å²) >= 11 is 1.10. The minimum absolute atomic E-state index is 0.0789. The summed E-state index contributed by atoms with van der Waals surface area (Å²) in [5.41, 5.74) is 7.92. The van der Waals surface area contributed by atoms with E-state index in [2.05, 4.69) is 14.9 Å². The summed E-state index contributed by atoms with van der Waals surface area (Å²) in [6, 6.07) is 4.93. The van der Waals surface area contributed by atoms with Gasteiger partial charge in [-0.2, -0.15) is 0 Å². The summed E-state index contributed by atoms with van der Waals surface area (Å²) in [5.74, 6) is 0. The SMILES string of the molecule is Cc1cccc(N)c1S(=O)(=O)Nc1nncs1. The summed E-state index contributed by atoms with van der Waals surface area (Å²) in [6.45, 7) is 1.69. The van der Waals surface area contributed by atoms with Crippen LogP contribution in [-0.4, -0.2) is 18.6 Å². The van der Waals surface area contributed by atoms with Crippen molar-refractivity contribution < 1.29 is 8.42 Å². The first-order valence-electron chi connectivity index (χ1n) is 4.65. The zero-order valence-corrected chi connectivity index (χ0v) is 10.5. The van der Waals surface area contributed by atoms with Gasteiger partial charge in [0.25, 0.3) is 10.0 Å². The molecule has 6 nitrogen and oxygen atoms in total. The fourth-order valence-corrected chi connectivity index (χ4v) is 3.48. The highest BCUT2D eigenvalue weighted by Gasteiger charge is 2.20. The number of benzene rings is 1. The second-order valence-corrected chi connectivity index (χ2v) is 5.80. The second kappa shape index (κ2) is 4.30. The zero-order valence-electron chi connectivity index (χ0n) is 8.91. The topological polar surface area (TPSA) is 98.0 Å². The van der Waals surface area contributed by atoms with Gasteiger partial charge in [0, 0.05) is 0 Å². The predicted octanol–water partition coefficient (Wildman–Crippen LogP) is 1.23. The van der Waals surface area contributed by atoms with Gasteiger partial charge in [0.1, 0.15) is 10.4 Å². The van der Waals surface area contributed by atoms with Gasteiger partial charge in [-0.3, -0.25) is 4.72 Å². The van der Waals surface area contributed by atoms with E-state index in [1.54, 1.807) is 25.1 Å². The van der Waals surface area contributed by atoms with E-state index in [0.29, 0.717) is 5.56 Å². The summed E-state index contributed by atoms with van der Waals surface area (Å²) in [6.07, 6.45) is 0. The third-order valence-corrected chi connectivity index (χ3v) is 4.39. The third-order valence-electron chi connectivity index (χ3n) is 2.09. The van der Waals surface area contributed by atoms with Crippen LogP contribution in [0.1, 0.15) is 5.56 Å². The maximum Gasteiger partial charge on any atom is 0.266 e. The van der Waals surface area contributed by atoms with Gasteiger partial charge in [-0.1, -0.05) is 23.5 Å². The predicted molar refractivity (Wildman–Crippen MR) is 66.3 cm³/mol. The van der Waals surface area contributed by atoms with Crippen molar-refractivity contribution in [2.75, 3.05) is 10.5 Å². The van der Waals surface area contributed by atoms with Crippen LogP contribution in [0.25, 0.3) is 0 Å². The van der Waals surface area contributed by atoms with Crippen LogP contribution < -0.4 is 10.5 Å². The molecule has 17 heavy (non-hydrogen) atoms. The number of hydrogen-bond acceptors (Lipinski definition) is 6. The maximum atomic E-state index is 12.1. The van der Waals surface area contributed by atoms with Crippen LogP contribution in [0.15, 0.2) is 28.6 Å². The normalized spacial score (nSPS) is 11.4. The van der Waals surface area contributed by atoms with E-state index in [0.717, 1.165) is 11.3 Å². The Labute approximate surface area is 103 Å². The Morgan fingerprint density at radius 2 is 2.18 bits per heavy atom. The molecule has 0 aliphatic carbocycles. The number of sulfonamides is 1. The molecule has 0 saturated heterocycles. The van der Waals surface area contributed by atoms with Crippen LogP contribution in [0.2, 0.25) is 0 Å². The highest BCUT2D eigenvalue weighted by molar-refractivity contribution is 7.93. The van der Waals surface area contributed by atoms with E-state index in [-0.39, 0.29) is 15.7 Å². The molecule has 0 unspecified atom stereocenters. The molecule has 8 heteroatoms. The first-order valence-corrected chi connectivity index (χ1v) is 7.01. The van der Waals surface area contributed by atoms with Gasteiger partial charge < -0.3 is 5.73 Å². The molecule has 0 amide bonds. The van der Waals surface area contributed by atoms with E-state index in [1.165, 1.54) is 5.51 Å². The van der Waals surface area contributed by atoms with E-state index < -0.39 is 10.0 Å². The molecule has 1 aromatic carbocycles. The van der Waals surface area contributed by atoms with Gasteiger partial charge >= 0.3 is 0 Å². The number of anilines is 2. The van der Waals surface area contributed by atoms with Crippen molar-refractivity contribution in [1.82, 2.24) is 10.2 Å². The van der Waals surface area contributed by atoms with Crippen LogP contribution in [0.5, 0.6) is 0 Å². The number of rotatable bonds is 3. The summed E-state index contributed by atoms with van der Waals surface area (Å²) in [4.78, 5) is 0.0789. The molecule has 2 aromatic rings. The van der Waals surface area contributed by atoms with Gasteiger partial charge in [0.05, 0.1) is 5.69 Å². The molecule has 2 rings (SSSR count). The lowest BCUT2D eigenvalue weighted by Crippen LogP contribution is -2.16. The lowest BCUT2D eigenvalue weighted by atomic mass is 10.2. The summed E-state index contributed by atoms with van der Waals surface area (Å²) < 4.78 is 26.5. The molecule has 1 heterocycles. The molecule has 0 fully saturated rings. The quantitative estimate of drug-likeness (QED) is 0.817. The third kappa shape index (κ3) is 2.37. The minimum Gasteiger partial charge on any atom is -0.398 e. The second-order valence-electron chi connectivity index (χ2n) is 3.34. The monoisotopic (exact) mass is 270 g/mol. The van der Waals surface area contributed by atoms with Gasteiger partial charge in [-0.05, 0) is 18.6 Å². The van der Waals surface area contributed by atoms with Crippen LogP contribution in [0.4, 0.5) is 10.8 Å². The Morgan fingerprint density at radius 3 is 2.76 bits per heavy atom. The zero-order chi connectivity index (χ0) is 12.5. The number of aromatic nitrogens is 2. The average molecular weight is 270 g/mol. The van der Waals surface area contributed by atoms with Crippen LogP contribution in [-0.2, 0) is 10.0 Å². The first-order chi connectivity index (χ1) is 8.00. The number of hydrogen-bond donors (Lipinski definition) is 2. The molecule has 0 atom stereocenters. The van der Waals surface area contributed by atoms with Gasteiger partial charge in [0.2, 0.25) is 5.13 Å². The molecule has 0 saturated carbocycles. The number of nitrogens with one attached hydrogen (secondary N) is 1. The van der Waals surface area contributed by atoms with E-state index in [4.69, 9.17) is 5.73 Å². The van der Waals surface area contributed by atoms with Crippen LogP contribution in [0.3, 0.4) is 0 Å². The number of nitrogen functional groups attached to an aromatic ring is 1. The number of nitrogens with zero attached hydrogens (tertiary/aromatic N) is 2. The van der Waals surface area contributed by atoms with Crippen molar-refractivity contribution in [3.63, 3.8) is 0 Å². The number of aryl methyl sites for hydroxylation is 1. The minimum atomic E-state index is -3.71. The van der Waals surface area contributed by atoms with E-state index in [9.17, 15) is 8.42 Å². The standard InChI is InChI=1S/C9H10N4O2S2/c1-6-3-2-4-7(10)8(6)17(14,15)13-9-12-11-5-16-9/h2-5H,10H2,1H3,(H,12,13). The van der Waals surface area contributed by atoms with Gasteiger partial charge in [0.15, 0.2) is 0 Å². The van der Waals surface area contributed by atoms with Crippen molar-refractivity contribution in [3.8, 4) is 0 Å². The first kappa shape index (κ1) is 11.8. The molecule has 1 aromatic heterocycles. The van der Waals surface area contributed by atoms with Crippen molar-refractivity contribution in [2.45, 2.75) is 11.8 Å². The molecule has 90 valence electrons. The molecule has 0 bridgehead atoms. The lowest BCUT2D eigenvalue weighted by Gasteiger charge is -2.10. The van der Waals surface area contributed by atoms with Crippen molar-refractivity contribution in [3.05, 3.63) is 29.3 Å². The Bertz CT molecular complexity index is 602. The smallest absolute Gasteiger partial charge is 0.266 e. The molecular weight excluding hydrogens is 260 g/mol. The lowest BCUT2D eigenvalue weighted by molar-refractivity contribution is 0.601. The van der Waals surface area contributed by atoms with Crippen molar-refractivity contribution >= 4 is 32.2 Å². The van der Waals surface area contributed by atoms with E-state index >= 15 is 0 Å². The Kier molecular flexibility index (Phi) is 2.99. The average Bonchev–Trinajstić information content (AvgIpc) is 2.68. The Balaban J connectivity index is 2.45. The highest BCUT2D eigenvalue weighted by Crippen LogP contribution is 2.24. The van der Waals surface area contributed by atoms with Crippen molar-refractivity contribution in [2.24, 2.45) is 0 Å². The van der Waals surface area contributed by atoms with Crippen LogP contribution >= 0.6 is 11.3 Å². The largest absolute Gasteiger partial charge is 0.398 e. The summed E-state index contributed by atoms with van der Waals surface area (Å²) in [5, 5.41) is 7.39. The molecule has 0 aliphatic rings. The molecule has 0 aliphatic heterocycles. The molecule has 3 N–H and O–H groups in total. The maximum absolute atomic E-state index is 12.1.